The van der Waals surface area contributed by atoms with Crippen LogP contribution in [0.2, 0.25) is 0 Å². The molecule has 1 aliphatic rings. The number of carbonyl (C=O) groups excluding carboxylic acids is 1. The molecule has 1 saturated heterocycles. The molecule has 106 valence electrons. The fourth-order valence-corrected chi connectivity index (χ4v) is 3.61. The van der Waals surface area contributed by atoms with Gasteiger partial charge in [0.15, 0.2) is 0 Å². The molecule has 0 aliphatic carbocycles. The lowest BCUT2D eigenvalue weighted by molar-refractivity contribution is -0.131. The van der Waals surface area contributed by atoms with E-state index in [-0.39, 0.29) is 29.9 Å². The number of nitrogens with one attached hydrogen (secondary N) is 1. The second kappa shape index (κ2) is 5.57. The fourth-order valence-electron chi connectivity index (χ4n) is 2.57. The Labute approximate surface area is 110 Å². The predicted molar refractivity (Wildman–Crippen MR) is 71.9 cm³/mol. The molecule has 0 aromatic rings. The summed E-state index contributed by atoms with van der Waals surface area (Å²) in [5.41, 5.74) is 0. The number of carbonyl (C=O) groups is 1. The van der Waals surface area contributed by atoms with Gasteiger partial charge in [0.2, 0.25) is 5.91 Å². The largest absolute Gasteiger partial charge is 0.322 e. The van der Waals surface area contributed by atoms with Crippen LogP contribution < -0.4 is 5.32 Å². The first-order valence-electron chi connectivity index (χ1n) is 6.37. The highest BCUT2D eigenvalue weighted by molar-refractivity contribution is 7.90. The molecular formula is C12H24N2O3S. The molecule has 1 N–H and O–H groups in total. The number of nitrogens with zero attached hydrogens (tertiary/aromatic N) is 1. The van der Waals surface area contributed by atoms with E-state index in [1.165, 1.54) is 6.26 Å². The minimum atomic E-state index is -3.07. The average Bonchev–Trinajstić information content (AvgIpc) is 2.37. The van der Waals surface area contributed by atoms with Crippen LogP contribution in [0.15, 0.2) is 0 Å². The number of sulfone groups is 1. The summed E-state index contributed by atoms with van der Waals surface area (Å²) in [7, 11) is -3.07. The van der Waals surface area contributed by atoms with E-state index in [1.54, 1.807) is 11.8 Å². The first kappa shape index (κ1) is 15.4. The highest BCUT2D eigenvalue weighted by Gasteiger charge is 2.39. The van der Waals surface area contributed by atoms with Gasteiger partial charge in [0.05, 0.1) is 18.0 Å². The van der Waals surface area contributed by atoms with Crippen molar-refractivity contribution in [1.29, 1.82) is 0 Å². The zero-order chi connectivity index (χ0) is 14.1. The van der Waals surface area contributed by atoms with Gasteiger partial charge in [-0.05, 0) is 26.2 Å². The van der Waals surface area contributed by atoms with Crippen molar-refractivity contribution >= 4 is 15.7 Å². The van der Waals surface area contributed by atoms with Crippen molar-refractivity contribution in [2.24, 2.45) is 5.92 Å². The molecule has 6 heteroatoms. The van der Waals surface area contributed by atoms with Gasteiger partial charge in [-0.3, -0.25) is 10.1 Å². The maximum Gasteiger partial charge on any atom is 0.241 e. The Morgan fingerprint density at radius 2 is 1.89 bits per heavy atom. The summed E-state index contributed by atoms with van der Waals surface area (Å²) in [5, 5.41) is 3.23. The molecule has 0 bridgehead atoms. The second-order valence-corrected chi connectivity index (χ2v) is 7.90. The Balaban J connectivity index is 2.75. The lowest BCUT2D eigenvalue weighted by atomic mass is 10.0. The van der Waals surface area contributed by atoms with Crippen LogP contribution in [-0.4, -0.2) is 49.5 Å². The fraction of sp³-hybridized carbons (Fsp3) is 0.917. The van der Waals surface area contributed by atoms with E-state index in [4.69, 9.17) is 0 Å². The van der Waals surface area contributed by atoms with Crippen molar-refractivity contribution in [2.75, 3.05) is 12.0 Å². The SMILES string of the molecule is CC(C)CC1NC(C)N(C(C)CS(C)(=O)=O)C1=O. The normalized spacial score (nSPS) is 27.0. The van der Waals surface area contributed by atoms with Crippen molar-refractivity contribution < 1.29 is 13.2 Å². The van der Waals surface area contributed by atoms with Gasteiger partial charge < -0.3 is 4.90 Å². The van der Waals surface area contributed by atoms with Crippen molar-refractivity contribution in [1.82, 2.24) is 10.2 Å². The van der Waals surface area contributed by atoms with Crippen LogP contribution >= 0.6 is 0 Å². The Morgan fingerprint density at radius 1 is 1.33 bits per heavy atom. The highest BCUT2D eigenvalue weighted by Crippen LogP contribution is 2.19. The Bertz CT molecular complexity index is 406. The van der Waals surface area contributed by atoms with Gasteiger partial charge >= 0.3 is 0 Å². The molecule has 0 radical (unpaired) electrons. The first-order valence-corrected chi connectivity index (χ1v) is 8.44. The average molecular weight is 276 g/mol. The molecule has 1 heterocycles. The van der Waals surface area contributed by atoms with Gasteiger partial charge in [-0.25, -0.2) is 8.42 Å². The van der Waals surface area contributed by atoms with Crippen molar-refractivity contribution in [3.63, 3.8) is 0 Å². The Hall–Kier alpha value is -0.620. The molecule has 1 rings (SSSR count). The molecule has 0 saturated carbocycles. The molecule has 0 spiro atoms. The van der Waals surface area contributed by atoms with Crippen LogP contribution in [0.4, 0.5) is 0 Å². The minimum Gasteiger partial charge on any atom is -0.322 e. The molecule has 5 nitrogen and oxygen atoms in total. The smallest absolute Gasteiger partial charge is 0.241 e. The topological polar surface area (TPSA) is 66.5 Å². The van der Waals surface area contributed by atoms with Gasteiger partial charge in [0.25, 0.3) is 0 Å². The highest BCUT2D eigenvalue weighted by atomic mass is 32.2. The summed E-state index contributed by atoms with van der Waals surface area (Å²) in [4.78, 5) is 13.9. The number of rotatable bonds is 5. The van der Waals surface area contributed by atoms with E-state index in [0.717, 1.165) is 6.42 Å². The first-order chi connectivity index (χ1) is 8.11. The van der Waals surface area contributed by atoms with Crippen LogP contribution in [-0.2, 0) is 14.6 Å². The van der Waals surface area contributed by atoms with Crippen molar-refractivity contribution in [3.8, 4) is 0 Å². The predicted octanol–water partition coefficient (Wildman–Crippen LogP) is 0.612. The van der Waals surface area contributed by atoms with Crippen LogP contribution in [0.3, 0.4) is 0 Å². The molecule has 3 atom stereocenters. The summed E-state index contributed by atoms with van der Waals surface area (Å²) in [5.74, 6) is 0.468. The third-order valence-corrected chi connectivity index (χ3v) is 4.23. The van der Waals surface area contributed by atoms with E-state index < -0.39 is 9.84 Å². The maximum atomic E-state index is 12.2. The van der Waals surface area contributed by atoms with Crippen molar-refractivity contribution in [2.45, 2.75) is 52.4 Å². The quantitative estimate of drug-likeness (QED) is 0.799. The summed E-state index contributed by atoms with van der Waals surface area (Å²) < 4.78 is 22.6. The van der Waals surface area contributed by atoms with Crippen LogP contribution in [0.25, 0.3) is 0 Å². The molecule has 18 heavy (non-hydrogen) atoms. The van der Waals surface area contributed by atoms with Gasteiger partial charge in [0, 0.05) is 12.3 Å². The van der Waals surface area contributed by atoms with E-state index in [1.807, 2.05) is 6.92 Å². The van der Waals surface area contributed by atoms with Crippen molar-refractivity contribution in [3.05, 3.63) is 0 Å². The number of hydrogen-bond donors (Lipinski definition) is 1. The molecule has 1 amide bonds. The Kier molecular flexibility index (Phi) is 4.78. The van der Waals surface area contributed by atoms with Crippen LogP contribution in [0.1, 0.15) is 34.1 Å². The minimum absolute atomic E-state index is 0.0131. The summed E-state index contributed by atoms with van der Waals surface area (Å²) in [6, 6.07) is -0.464. The third kappa shape index (κ3) is 3.95. The maximum absolute atomic E-state index is 12.2. The molecule has 1 fully saturated rings. The lowest BCUT2D eigenvalue weighted by Gasteiger charge is -2.27. The lowest BCUT2D eigenvalue weighted by Crippen LogP contribution is -2.44. The summed E-state index contributed by atoms with van der Waals surface area (Å²) in [6.45, 7) is 7.83. The van der Waals surface area contributed by atoms with Gasteiger partial charge in [-0.2, -0.15) is 0 Å². The molecule has 0 aromatic heterocycles. The van der Waals surface area contributed by atoms with Crippen LogP contribution in [0.5, 0.6) is 0 Å². The zero-order valence-electron chi connectivity index (χ0n) is 11.8. The number of amides is 1. The van der Waals surface area contributed by atoms with Gasteiger partial charge in [-0.1, -0.05) is 13.8 Å². The van der Waals surface area contributed by atoms with Crippen LogP contribution in [0, 0.1) is 5.92 Å². The monoisotopic (exact) mass is 276 g/mol. The second-order valence-electron chi connectivity index (χ2n) is 5.71. The number of hydrogen-bond acceptors (Lipinski definition) is 4. The van der Waals surface area contributed by atoms with Gasteiger partial charge in [-0.15, -0.1) is 0 Å². The van der Waals surface area contributed by atoms with E-state index in [0.29, 0.717) is 5.92 Å². The van der Waals surface area contributed by atoms with E-state index >= 15 is 0 Å². The van der Waals surface area contributed by atoms with E-state index in [9.17, 15) is 13.2 Å². The Morgan fingerprint density at radius 3 is 2.33 bits per heavy atom. The third-order valence-electron chi connectivity index (χ3n) is 3.14. The van der Waals surface area contributed by atoms with Gasteiger partial charge in [0.1, 0.15) is 9.84 Å². The standard InChI is InChI=1S/C12H24N2O3S/c1-8(2)6-11-12(15)14(10(4)13-11)9(3)7-18(5,16)17/h8-11,13H,6-7H2,1-5H3. The molecule has 1 aliphatic heterocycles. The van der Waals surface area contributed by atoms with E-state index in [2.05, 4.69) is 19.2 Å². The summed E-state index contributed by atoms with van der Waals surface area (Å²) >= 11 is 0. The summed E-state index contributed by atoms with van der Waals surface area (Å²) in [6.07, 6.45) is 1.89. The molecule has 3 unspecified atom stereocenters. The molecule has 0 aromatic carbocycles. The zero-order valence-corrected chi connectivity index (χ0v) is 12.6. The molecular weight excluding hydrogens is 252 g/mol.